The quantitative estimate of drug-likeness (QED) is 0.693. The molecule has 72 valence electrons. The van der Waals surface area contributed by atoms with E-state index in [1.165, 1.54) is 12.1 Å². The maximum Gasteiger partial charge on any atom is 0.258 e. The van der Waals surface area contributed by atoms with Crippen LogP contribution in [0.4, 0.5) is 4.39 Å². The second-order valence-corrected chi connectivity index (χ2v) is 2.88. The van der Waals surface area contributed by atoms with E-state index in [2.05, 4.69) is 9.97 Å². The van der Waals surface area contributed by atoms with Crippen LogP contribution in [0, 0.1) is 5.82 Å². The molecule has 0 spiro atoms. The summed E-state index contributed by atoms with van der Waals surface area (Å²) in [6, 6.07) is 3.87. The Labute approximate surface area is 78.6 Å². The van der Waals surface area contributed by atoms with Gasteiger partial charge in [-0.05, 0) is 18.2 Å². The van der Waals surface area contributed by atoms with Gasteiger partial charge in [-0.15, -0.1) is 0 Å². The number of rotatable bonds is 1. The Balaban J connectivity index is 2.83. The van der Waals surface area contributed by atoms with Crippen molar-refractivity contribution in [3.05, 3.63) is 40.2 Å². The van der Waals surface area contributed by atoms with Crippen LogP contribution in [0.2, 0.25) is 0 Å². The highest BCUT2D eigenvalue weighted by atomic mass is 19.1. The number of nitrogens with one attached hydrogen (secondary N) is 1. The summed E-state index contributed by atoms with van der Waals surface area (Å²) < 4.78 is 12.8. The summed E-state index contributed by atoms with van der Waals surface area (Å²) in [7, 11) is 0. The van der Waals surface area contributed by atoms with E-state index in [1.807, 2.05) is 0 Å². The molecule has 4 nitrogen and oxygen atoms in total. The molecule has 14 heavy (non-hydrogen) atoms. The van der Waals surface area contributed by atoms with E-state index in [9.17, 15) is 9.18 Å². The van der Waals surface area contributed by atoms with E-state index >= 15 is 0 Å². The molecule has 3 N–H and O–H groups in total. The van der Waals surface area contributed by atoms with Crippen LogP contribution in [0.5, 0.6) is 0 Å². The third-order valence-electron chi connectivity index (χ3n) is 1.91. The Morgan fingerprint density at radius 2 is 2.29 bits per heavy atom. The van der Waals surface area contributed by atoms with E-state index in [-0.39, 0.29) is 17.5 Å². The second-order valence-electron chi connectivity index (χ2n) is 2.88. The summed E-state index contributed by atoms with van der Waals surface area (Å²) in [5.74, 6) is -0.0561. The van der Waals surface area contributed by atoms with E-state index in [0.717, 1.165) is 6.07 Å². The second kappa shape index (κ2) is 3.19. The first-order valence-corrected chi connectivity index (χ1v) is 4.09. The molecule has 2 rings (SSSR count). The van der Waals surface area contributed by atoms with Gasteiger partial charge in [0.05, 0.1) is 17.4 Å². The normalized spacial score (nSPS) is 10.7. The molecule has 0 aliphatic rings. The molecule has 0 radical (unpaired) electrons. The number of H-pyrrole nitrogens is 1. The lowest BCUT2D eigenvalue weighted by Gasteiger charge is -1.99. The Bertz CT molecular complexity index is 535. The Morgan fingerprint density at radius 1 is 1.50 bits per heavy atom. The average molecular weight is 193 g/mol. The third kappa shape index (κ3) is 1.38. The van der Waals surface area contributed by atoms with Crippen LogP contribution in [0.15, 0.2) is 23.0 Å². The van der Waals surface area contributed by atoms with E-state index in [0.29, 0.717) is 11.3 Å². The van der Waals surface area contributed by atoms with Gasteiger partial charge in [0.1, 0.15) is 11.6 Å². The summed E-state index contributed by atoms with van der Waals surface area (Å²) in [4.78, 5) is 17.9. The number of aromatic nitrogens is 2. The topological polar surface area (TPSA) is 71.8 Å². The van der Waals surface area contributed by atoms with Crippen LogP contribution >= 0.6 is 0 Å². The van der Waals surface area contributed by atoms with Crippen molar-refractivity contribution in [3.63, 3.8) is 0 Å². The first-order valence-electron chi connectivity index (χ1n) is 4.09. The minimum absolute atomic E-state index is 0.155. The van der Waals surface area contributed by atoms with Crippen molar-refractivity contribution in [1.29, 1.82) is 0 Å². The van der Waals surface area contributed by atoms with Gasteiger partial charge in [-0.2, -0.15) is 0 Å². The van der Waals surface area contributed by atoms with Gasteiger partial charge in [-0.25, -0.2) is 9.37 Å². The summed E-state index contributed by atoms with van der Waals surface area (Å²) in [5, 5.41) is 0.238. The van der Waals surface area contributed by atoms with Gasteiger partial charge in [0, 0.05) is 0 Å². The van der Waals surface area contributed by atoms with Crippen LogP contribution in [0.25, 0.3) is 10.9 Å². The first-order chi connectivity index (χ1) is 6.70. The van der Waals surface area contributed by atoms with Gasteiger partial charge >= 0.3 is 0 Å². The van der Waals surface area contributed by atoms with Gasteiger partial charge in [0.25, 0.3) is 5.56 Å². The monoisotopic (exact) mass is 193 g/mol. The minimum Gasteiger partial charge on any atom is -0.324 e. The number of hydrogen-bond donors (Lipinski definition) is 2. The third-order valence-corrected chi connectivity index (χ3v) is 1.91. The molecule has 0 saturated carbocycles. The Hall–Kier alpha value is -1.75. The van der Waals surface area contributed by atoms with Crippen LogP contribution in [-0.2, 0) is 6.54 Å². The van der Waals surface area contributed by atoms with Crippen molar-refractivity contribution < 1.29 is 4.39 Å². The van der Waals surface area contributed by atoms with Gasteiger partial charge in [-0.1, -0.05) is 0 Å². The maximum absolute atomic E-state index is 12.8. The highest BCUT2D eigenvalue weighted by Gasteiger charge is 2.03. The lowest BCUT2D eigenvalue weighted by atomic mass is 10.2. The number of halogens is 1. The van der Waals surface area contributed by atoms with Crippen LogP contribution < -0.4 is 11.3 Å². The molecule has 0 bridgehead atoms. The van der Waals surface area contributed by atoms with E-state index in [4.69, 9.17) is 5.73 Å². The molecule has 0 saturated heterocycles. The summed E-state index contributed by atoms with van der Waals surface area (Å²) >= 11 is 0. The first kappa shape index (κ1) is 8.83. The van der Waals surface area contributed by atoms with Gasteiger partial charge in [0.15, 0.2) is 0 Å². The molecule has 0 fully saturated rings. The van der Waals surface area contributed by atoms with Crippen molar-refractivity contribution in [1.82, 2.24) is 9.97 Å². The zero-order chi connectivity index (χ0) is 10.1. The van der Waals surface area contributed by atoms with Gasteiger partial charge in [-0.3, -0.25) is 4.79 Å². The predicted octanol–water partition coefficient (Wildman–Crippen LogP) is 0.521. The molecule has 5 heteroatoms. The Kier molecular flexibility index (Phi) is 2.01. The highest BCUT2D eigenvalue weighted by molar-refractivity contribution is 5.77. The zero-order valence-corrected chi connectivity index (χ0v) is 7.25. The minimum atomic E-state index is -0.453. The van der Waals surface area contributed by atoms with Crippen molar-refractivity contribution in [2.75, 3.05) is 0 Å². The molecule has 0 aliphatic heterocycles. The molecular weight excluding hydrogens is 185 g/mol. The number of benzene rings is 1. The Morgan fingerprint density at radius 3 is 3.00 bits per heavy atom. The largest absolute Gasteiger partial charge is 0.324 e. The number of hydrogen-bond acceptors (Lipinski definition) is 3. The highest BCUT2D eigenvalue weighted by Crippen LogP contribution is 2.08. The summed E-state index contributed by atoms with van der Waals surface area (Å²) in [6.45, 7) is 0.155. The van der Waals surface area contributed by atoms with Gasteiger partial charge in [0.2, 0.25) is 0 Å². The molecule has 1 aromatic carbocycles. The fraction of sp³-hybridized carbons (Fsp3) is 0.111. The number of fused-ring (bicyclic) bond motifs is 1. The van der Waals surface area contributed by atoms with Crippen LogP contribution in [0.3, 0.4) is 0 Å². The van der Waals surface area contributed by atoms with Crippen molar-refractivity contribution in [2.45, 2.75) is 6.54 Å². The van der Waals surface area contributed by atoms with Crippen molar-refractivity contribution in [3.8, 4) is 0 Å². The van der Waals surface area contributed by atoms with Crippen LogP contribution in [-0.4, -0.2) is 9.97 Å². The average Bonchev–Trinajstić information content (AvgIpc) is 2.19. The number of nitrogens with two attached hydrogens (primary N) is 1. The fourth-order valence-electron chi connectivity index (χ4n) is 1.26. The predicted molar refractivity (Wildman–Crippen MR) is 50.2 cm³/mol. The number of nitrogens with zero attached hydrogens (tertiary/aromatic N) is 1. The van der Waals surface area contributed by atoms with E-state index in [1.54, 1.807) is 0 Å². The molecule has 2 aromatic rings. The van der Waals surface area contributed by atoms with Crippen molar-refractivity contribution >= 4 is 10.9 Å². The molecule has 0 amide bonds. The molecule has 0 atom stereocenters. The molecule has 0 aliphatic carbocycles. The summed E-state index contributed by atoms with van der Waals surface area (Å²) in [5.41, 5.74) is 5.42. The smallest absolute Gasteiger partial charge is 0.258 e. The maximum atomic E-state index is 12.8. The SMILES string of the molecule is NCc1nc2ccc(F)cc2c(=O)[nH]1. The lowest BCUT2D eigenvalue weighted by molar-refractivity contribution is 0.629. The molecule has 1 aromatic heterocycles. The van der Waals surface area contributed by atoms with E-state index < -0.39 is 5.82 Å². The molecule has 1 heterocycles. The molecular formula is C9H8FN3O. The lowest BCUT2D eigenvalue weighted by Crippen LogP contribution is -2.14. The molecule has 0 unspecified atom stereocenters. The standard InChI is InChI=1S/C9H8FN3O/c10-5-1-2-7-6(3-5)9(14)13-8(4-11)12-7/h1-3H,4,11H2,(H,12,13,14). The zero-order valence-electron chi connectivity index (χ0n) is 7.25. The summed E-state index contributed by atoms with van der Waals surface area (Å²) in [6.07, 6.45) is 0. The van der Waals surface area contributed by atoms with Crippen LogP contribution in [0.1, 0.15) is 5.82 Å². The van der Waals surface area contributed by atoms with Crippen molar-refractivity contribution in [2.24, 2.45) is 5.73 Å². The number of aromatic amines is 1. The van der Waals surface area contributed by atoms with Gasteiger partial charge < -0.3 is 10.7 Å². The fourth-order valence-corrected chi connectivity index (χ4v) is 1.26.